The van der Waals surface area contributed by atoms with Gasteiger partial charge in [-0.15, -0.1) is 0 Å². The van der Waals surface area contributed by atoms with Gasteiger partial charge in [-0.1, -0.05) is 24.3 Å². The van der Waals surface area contributed by atoms with Crippen LogP contribution in [0.3, 0.4) is 0 Å². The molecule has 0 aliphatic heterocycles. The number of hydrogen-bond acceptors (Lipinski definition) is 2. The predicted octanol–water partition coefficient (Wildman–Crippen LogP) is 2.67. The molecule has 3 rings (SSSR count). The third-order valence-corrected chi connectivity index (χ3v) is 3.95. The second-order valence-electron chi connectivity index (χ2n) is 4.90. The van der Waals surface area contributed by atoms with Crippen LogP contribution in [-0.4, -0.2) is 6.54 Å². The Morgan fingerprint density at radius 2 is 2.06 bits per heavy atom. The Labute approximate surface area is 101 Å². The van der Waals surface area contributed by atoms with Gasteiger partial charge in [-0.3, -0.25) is 0 Å². The molecule has 0 spiro atoms. The lowest BCUT2D eigenvalue weighted by Crippen LogP contribution is -2.35. The molecule has 0 saturated carbocycles. The largest absolute Gasteiger partial charge is 0.469 e. The summed E-state index contributed by atoms with van der Waals surface area (Å²) in [6.45, 7) is 0.685. The third kappa shape index (κ3) is 1.69. The van der Waals surface area contributed by atoms with E-state index in [4.69, 9.17) is 10.2 Å². The average Bonchev–Trinajstić information content (AvgIpc) is 2.99. The molecule has 2 N–H and O–H groups in total. The molecule has 1 aromatic carbocycles. The molecule has 1 aliphatic rings. The monoisotopic (exact) mass is 227 g/mol. The standard InChI is InChI=1S/C15H17NO/c16-11-15(10-13-5-3-9-17-13)8-7-12-4-1-2-6-14(12)15/h1-6,9H,7-8,10-11,16H2. The van der Waals surface area contributed by atoms with Gasteiger partial charge in [0.25, 0.3) is 0 Å². The average molecular weight is 227 g/mol. The van der Waals surface area contributed by atoms with E-state index in [1.807, 2.05) is 12.1 Å². The molecule has 2 nitrogen and oxygen atoms in total. The highest BCUT2D eigenvalue weighted by molar-refractivity contribution is 5.40. The van der Waals surface area contributed by atoms with Crippen LogP contribution in [0.1, 0.15) is 23.3 Å². The maximum absolute atomic E-state index is 6.06. The molecule has 0 saturated heterocycles. The number of rotatable bonds is 3. The minimum atomic E-state index is 0.0778. The molecular weight excluding hydrogens is 210 g/mol. The fourth-order valence-corrected chi connectivity index (χ4v) is 2.98. The minimum absolute atomic E-state index is 0.0778. The maximum atomic E-state index is 6.06. The highest BCUT2D eigenvalue weighted by Gasteiger charge is 2.37. The summed E-state index contributed by atoms with van der Waals surface area (Å²) in [6, 6.07) is 12.6. The first kappa shape index (κ1) is 10.6. The van der Waals surface area contributed by atoms with Gasteiger partial charge in [-0.25, -0.2) is 0 Å². The first-order chi connectivity index (χ1) is 8.34. The van der Waals surface area contributed by atoms with Crippen LogP contribution in [0, 0.1) is 0 Å². The molecule has 88 valence electrons. The van der Waals surface area contributed by atoms with E-state index in [1.165, 1.54) is 11.1 Å². The van der Waals surface area contributed by atoms with Gasteiger partial charge < -0.3 is 10.2 Å². The van der Waals surface area contributed by atoms with Gasteiger partial charge in [-0.05, 0) is 36.1 Å². The second kappa shape index (κ2) is 4.04. The van der Waals surface area contributed by atoms with Crippen molar-refractivity contribution in [2.24, 2.45) is 5.73 Å². The van der Waals surface area contributed by atoms with Gasteiger partial charge in [0.2, 0.25) is 0 Å². The van der Waals surface area contributed by atoms with Crippen molar-refractivity contribution in [3.05, 3.63) is 59.5 Å². The Hall–Kier alpha value is -1.54. The number of hydrogen-bond donors (Lipinski definition) is 1. The van der Waals surface area contributed by atoms with Crippen molar-refractivity contribution in [2.45, 2.75) is 24.7 Å². The van der Waals surface area contributed by atoms with Crippen LogP contribution in [0.2, 0.25) is 0 Å². The first-order valence-electron chi connectivity index (χ1n) is 6.15. The fourth-order valence-electron chi connectivity index (χ4n) is 2.98. The number of benzene rings is 1. The third-order valence-electron chi connectivity index (χ3n) is 3.95. The van der Waals surface area contributed by atoms with Crippen molar-refractivity contribution in [3.8, 4) is 0 Å². The molecule has 0 radical (unpaired) electrons. The predicted molar refractivity (Wildman–Crippen MR) is 67.9 cm³/mol. The molecule has 1 heterocycles. The van der Waals surface area contributed by atoms with Crippen LogP contribution in [0.25, 0.3) is 0 Å². The molecule has 0 bridgehead atoms. The van der Waals surface area contributed by atoms with Crippen molar-refractivity contribution in [3.63, 3.8) is 0 Å². The molecule has 1 unspecified atom stereocenters. The van der Waals surface area contributed by atoms with E-state index in [9.17, 15) is 0 Å². The Balaban J connectivity index is 1.99. The van der Waals surface area contributed by atoms with Gasteiger partial charge in [0.1, 0.15) is 5.76 Å². The summed E-state index contributed by atoms with van der Waals surface area (Å²) in [4.78, 5) is 0. The summed E-state index contributed by atoms with van der Waals surface area (Å²) in [5.74, 6) is 1.03. The van der Waals surface area contributed by atoms with Gasteiger partial charge >= 0.3 is 0 Å². The van der Waals surface area contributed by atoms with Gasteiger partial charge in [0.05, 0.1) is 6.26 Å². The zero-order chi connectivity index (χ0) is 11.7. The van der Waals surface area contributed by atoms with E-state index in [0.29, 0.717) is 6.54 Å². The summed E-state index contributed by atoms with van der Waals surface area (Å²) in [7, 11) is 0. The van der Waals surface area contributed by atoms with Crippen molar-refractivity contribution < 1.29 is 4.42 Å². The zero-order valence-electron chi connectivity index (χ0n) is 9.86. The second-order valence-corrected chi connectivity index (χ2v) is 4.90. The maximum Gasteiger partial charge on any atom is 0.104 e. The number of aryl methyl sites for hydroxylation is 1. The Bertz CT molecular complexity index is 503. The van der Waals surface area contributed by atoms with E-state index in [0.717, 1.165) is 25.0 Å². The van der Waals surface area contributed by atoms with E-state index in [2.05, 4.69) is 24.3 Å². The van der Waals surface area contributed by atoms with Crippen LogP contribution in [0.4, 0.5) is 0 Å². The lowest BCUT2D eigenvalue weighted by Gasteiger charge is -2.28. The van der Waals surface area contributed by atoms with E-state index in [1.54, 1.807) is 6.26 Å². The minimum Gasteiger partial charge on any atom is -0.469 e. The van der Waals surface area contributed by atoms with Crippen molar-refractivity contribution >= 4 is 0 Å². The van der Waals surface area contributed by atoms with Gasteiger partial charge in [0.15, 0.2) is 0 Å². The van der Waals surface area contributed by atoms with Crippen LogP contribution < -0.4 is 5.73 Å². The van der Waals surface area contributed by atoms with Gasteiger partial charge in [0, 0.05) is 18.4 Å². The summed E-state index contributed by atoms with van der Waals surface area (Å²) in [5, 5.41) is 0. The highest BCUT2D eigenvalue weighted by atomic mass is 16.3. The lowest BCUT2D eigenvalue weighted by molar-refractivity contribution is 0.382. The lowest BCUT2D eigenvalue weighted by atomic mass is 9.78. The molecule has 2 heteroatoms. The molecule has 1 atom stereocenters. The quantitative estimate of drug-likeness (QED) is 0.875. The molecule has 2 aromatic rings. The Morgan fingerprint density at radius 1 is 1.18 bits per heavy atom. The fraction of sp³-hybridized carbons (Fsp3) is 0.333. The molecule has 0 fully saturated rings. The normalized spacial score (nSPS) is 22.6. The van der Waals surface area contributed by atoms with E-state index >= 15 is 0 Å². The van der Waals surface area contributed by atoms with Crippen LogP contribution in [-0.2, 0) is 18.3 Å². The SMILES string of the molecule is NCC1(Cc2ccco2)CCc2ccccc21. The topological polar surface area (TPSA) is 39.2 Å². The van der Waals surface area contributed by atoms with Crippen LogP contribution in [0.15, 0.2) is 47.1 Å². The van der Waals surface area contributed by atoms with Crippen LogP contribution in [0.5, 0.6) is 0 Å². The van der Waals surface area contributed by atoms with Crippen molar-refractivity contribution in [2.75, 3.05) is 6.54 Å². The summed E-state index contributed by atoms with van der Waals surface area (Å²) in [6.07, 6.45) is 4.91. The number of fused-ring (bicyclic) bond motifs is 1. The smallest absolute Gasteiger partial charge is 0.104 e. The molecule has 0 amide bonds. The number of nitrogens with two attached hydrogens (primary N) is 1. The summed E-state index contributed by atoms with van der Waals surface area (Å²) >= 11 is 0. The molecule has 1 aliphatic carbocycles. The Kier molecular flexibility index (Phi) is 2.52. The Morgan fingerprint density at radius 3 is 2.82 bits per heavy atom. The van der Waals surface area contributed by atoms with Crippen molar-refractivity contribution in [1.82, 2.24) is 0 Å². The molecule has 1 aromatic heterocycles. The van der Waals surface area contributed by atoms with Gasteiger partial charge in [-0.2, -0.15) is 0 Å². The zero-order valence-corrected chi connectivity index (χ0v) is 9.86. The number of furan rings is 1. The first-order valence-corrected chi connectivity index (χ1v) is 6.15. The molecule has 17 heavy (non-hydrogen) atoms. The highest BCUT2D eigenvalue weighted by Crippen LogP contribution is 2.40. The summed E-state index contributed by atoms with van der Waals surface area (Å²) < 4.78 is 5.48. The van der Waals surface area contributed by atoms with Crippen molar-refractivity contribution in [1.29, 1.82) is 0 Å². The van der Waals surface area contributed by atoms with Crippen LogP contribution >= 0.6 is 0 Å². The van der Waals surface area contributed by atoms with E-state index < -0.39 is 0 Å². The molecular formula is C15H17NO. The summed E-state index contributed by atoms with van der Waals surface area (Å²) in [5.41, 5.74) is 9.00. The van der Waals surface area contributed by atoms with E-state index in [-0.39, 0.29) is 5.41 Å².